The van der Waals surface area contributed by atoms with E-state index in [1.165, 1.54) is 21.9 Å². The quantitative estimate of drug-likeness (QED) is 0.669. The summed E-state index contributed by atoms with van der Waals surface area (Å²) < 4.78 is 18.6. The molecule has 1 heterocycles. The second-order valence-corrected chi connectivity index (χ2v) is 6.90. The number of hydrogen-bond donors (Lipinski definition) is 1. The van der Waals surface area contributed by atoms with E-state index < -0.39 is 11.8 Å². The van der Waals surface area contributed by atoms with Crippen LogP contribution in [0.25, 0.3) is 0 Å². The number of halogens is 1. The first-order valence-corrected chi connectivity index (χ1v) is 9.78. The standard InChI is InChI=1S/C22H24FN3O4/c1-2-30-19-6-4-3-5-17(19)13-24-20(27)15-26-12-11-25(21(28)22(26)29)14-16-7-9-18(23)10-8-16/h3-10H,2,11-15H2,1H3,(H,24,27). The Morgan fingerprint density at radius 1 is 1.03 bits per heavy atom. The second-order valence-electron chi connectivity index (χ2n) is 6.90. The number of carbonyl (C=O) groups is 3. The number of rotatable bonds is 8. The van der Waals surface area contributed by atoms with Gasteiger partial charge in [0.15, 0.2) is 0 Å². The van der Waals surface area contributed by atoms with Crippen molar-refractivity contribution in [2.45, 2.75) is 20.0 Å². The molecule has 3 rings (SSSR count). The van der Waals surface area contributed by atoms with Crippen LogP contribution in [0, 0.1) is 5.82 Å². The van der Waals surface area contributed by atoms with Gasteiger partial charge in [0.05, 0.1) is 6.61 Å². The molecule has 1 N–H and O–H groups in total. The molecule has 1 aliphatic rings. The number of ether oxygens (including phenoxy) is 1. The predicted molar refractivity (Wildman–Crippen MR) is 108 cm³/mol. The summed E-state index contributed by atoms with van der Waals surface area (Å²) in [5.41, 5.74) is 1.57. The third kappa shape index (κ3) is 5.34. The van der Waals surface area contributed by atoms with E-state index in [1.54, 1.807) is 12.1 Å². The zero-order valence-electron chi connectivity index (χ0n) is 16.8. The van der Waals surface area contributed by atoms with Crippen molar-refractivity contribution in [3.8, 4) is 5.75 Å². The summed E-state index contributed by atoms with van der Waals surface area (Å²) >= 11 is 0. The highest BCUT2D eigenvalue weighted by molar-refractivity contribution is 6.35. The van der Waals surface area contributed by atoms with E-state index in [9.17, 15) is 18.8 Å². The van der Waals surface area contributed by atoms with Crippen LogP contribution in [0.1, 0.15) is 18.1 Å². The average molecular weight is 413 g/mol. The lowest BCUT2D eigenvalue weighted by atomic mass is 10.2. The lowest BCUT2D eigenvalue weighted by molar-refractivity contribution is -0.157. The summed E-state index contributed by atoms with van der Waals surface area (Å²) in [6, 6.07) is 13.2. The minimum atomic E-state index is -0.715. The van der Waals surface area contributed by atoms with Crippen molar-refractivity contribution in [2.24, 2.45) is 0 Å². The first-order valence-electron chi connectivity index (χ1n) is 9.78. The highest BCUT2D eigenvalue weighted by Gasteiger charge is 2.33. The molecule has 0 aliphatic carbocycles. The van der Waals surface area contributed by atoms with Gasteiger partial charge in [0, 0.05) is 31.7 Å². The van der Waals surface area contributed by atoms with Crippen molar-refractivity contribution in [1.29, 1.82) is 0 Å². The largest absolute Gasteiger partial charge is 0.494 e. The van der Waals surface area contributed by atoms with Gasteiger partial charge in [-0.05, 0) is 30.7 Å². The maximum absolute atomic E-state index is 13.0. The first-order chi connectivity index (χ1) is 14.5. The van der Waals surface area contributed by atoms with Crippen molar-refractivity contribution in [3.63, 3.8) is 0 Å². The Morgan fingerprint density at radius 2 is 1.70 bits per heavy atom. The van der Waals surface area contributed by atoms with Crippen LogP contribution in [0.15, 0.2) is 48.5 Å². The summed E-state index contributed by atoms with van der Waals surface area (Å²) in [6.07, 6.45) is 0. The molecule has 0 aromatic heterocycles. The van der Waals surface area contributed by atoms with Crippen molar-refractivity contribution in [1.82, 2.24) is 15.1 Å². The van der Waals surface area contributed by atoms with Crippen molar-refractivity contribution < 1.29 is 23.5 Å². The van der Waals surface area contributed by atoms with Crippen LogP contribution in [0.4, 0.5) is 4.39 Å². The monoisotopic (exact) mass is 413 g/mol. The Labute approximate surface area is 174 Å². The maximum atomic E-state index is 13.0. The minimum Gasteiger partial charge on any atom is -0.494 e. The van der Waals surface area contributed by atoms with E-state index in [-0.39, 0.29) is 37.9 Å². The number of carbonyl (C=O) groups excluding carboxylic acids is 3. The number of hydrogen-bond acceptors (Lipinski definition) is 4. The van der Waals surface area contributed by atoms with E-state index >= 15 is 0 Å². The molecule has 0 radical (unpaired) electrons. The Bertz CT molecular complexity index is 917. The number of nitrogens with one attached hydrogen (secondary N) is 1. The smallest absolute Gasteiger partial charge is 0.312 e. The van der Waals surface area contributed by atoms with Crippen molar-refractivity contribution >= 4 is 17.7 Å². The van der Waals surface area contributed by atoms with Crippen molar-refractivity contribution in [3.05, 3.63) is 65.5 Å². The zero-order valence-corrected chi connectivity index (χ0v) is 16.8. The zero-order chi connectivity index (χ0) is 21.5. The third-order valence-electron chi connectivity index (χ3n) is 4.77. The van der Waals surface area contributed by atoms with Crippen LogP contribution in [0.3, 0.4) is 0 Å². The summed E-state index contributed by atoms with van der Waals surface area (Å²) in [6.45, 7) is 3.27. The second kappa shape index (κ2) is 9.87. The van der Waals surface area contributed by atoms with E-state index in [0.717, 1.165) is 11.1 Å². The third-order valence-corrected chi connectivity index (χ3v) is 4.77. The van der Waals surface area contributed by atoms with Crippen LogP contribution in [0.5, 0.6) is 5.75 Å². The molecule has 0 bridgehead atoms. The van der Waals surface area contributed by atoms with Gasteiger partial charge in [-0.2, -0.15) is 0 Å². The maximum Gasteiger partial charge on any atom is 0.312 e. The highest BCUT2D eigenvalue weighted by atomic mass is 19.1. The van der Waals surface area contributed by atoms with Gasteiger partial charge in [0.25, 0.3) is 0 Å². The molecule has 0 atom stereocenters. The summed E-state index contributed by atoms with van der Waals surface area (Å²) in [5.74, 6) is -1.40. The highest BCUT2D eigenvalue weighted by Crippen LogP contribution is 2.17. The number of piperazine rings is 1. The summed E-state index contributed by atoms with van der Waals surface area (Å²) in [5, 5.41) is 2.76. The van der Waals surface area contributed by atoms with Crippen LogP contribution in [-0.4, -0.2) is 53.8 Å². The minimum absolute atomic E-state index is 0.189. The molecule has 30 heavy (non-hydrogen) atoms. The van der Waals surface area contributed by atoms with Gasteiger partial charge < -0.3 is 19.9 Å². The fourth-order valence-electron chi connectivity index (χ4n) is 3.20. The summed E-state index contributed by atoms with van der Waals surface area (Å²) in [4.78, 5) is 39.8. The predicted octanol–water partition coefficient (Wildman–Crippen LogP) is 1.71. The van der Waals surface area contributed by atoms with E-state index in [0.29, 0.717) is 18.9 Å². The molecule has 0 unspecified atom stereocenters. The molecule has 1 aliphatic heterocycles. The number of benzene rings is 2. The molecule has 3 amide bonds. The number of para-hydroxylation sites is 1. The molecular formula is C22H24FN3O4. The molecule has 1 fully saturated rings. The molecule has 8 heteroatoms. The Hall–Kier alpha value is -3.42. The van der Waals surface area contributed by atoms with Gasteiger partial charge in [0.1, 0.15) is 18.1 Å². The van der Waals surface area contributed by atoms with Gasteiger partial charge >= 0.3 is 11.8 Å². The molecular weight excluding hydrogens is 389 g/mol. The SMILES string of the molecule is CCOc1ccccc1CNC(=O)CN1CCN(Cc2ccc(F)cc2)C(=O)C1=O. The number of amides is 3. The number of nitrogens with zero attached hydrogens (tertiary/aromatic N) is 2. The first kappa shape index (κ1) is 21.3. The van der Waals surface area contributed by atoms with Crippen LogP contribution >= 0.6 is 0 Å². The van der Waals surface area contributed by atoms with Crippen LogP contribution < -0.4 is 10.1 Å². The van der Waals surface area contributed by atoms with Crippen molar-refractivity contribution in [2.75, 3.05) is 26.2 Å². The van der Waals surface area contributed by atoms with Gasteiger partial charge in [-0.25, -0.2) is 4.39 Å². The van der Waals surface area contributed by atoms with E-state index in [1.807, 2.05) is 31.2 Å². The lowest BCUT2D eigenvalue weighted by Gasteiger charge is -2.33. The normalized spacial score (nSPS) is 14.1. The molecule has 1 saturated heterocycles. The average Bonchev–Trinajstić information content (AvgIpc) is 2.74. The van der Waals surface area contributed by atoms with Gasteiger partial charge in [0.2, 0.25) is 5.91 Å². The molecule has 2 aromatic rings. The Kier molecular flexibility index (Phi) is 7.00. The molecule has 0 saturated carbocycles. The Morgan fingerprint density at radius 3 is 2.43 bits per heavy atom. The van der Waals surface area contributed by atoms with E-state index in [2.05, 4.69) is 5.32 Å². The molecule has 158 valence electrons. The molecule has 0 spiro atoms. The van der Waals surface area contributed by atoms with Crippen LogP contribution in [0.2, 0.25) is 0 Å². The lowest BCUT2D eigenvalue weighted by Crippen LogP contribution is -2.55. The topological polar surface area (TPSA) is 79.0 Å². The van der Waals surface area contributed by atoms with Gasteiger partial charge in [-0.1, -0.05) is 30.3 Å². The fraction of sp³-hybridized carbons (Fsp3) is 0.318. The van der Waals surface area contributed by atoms with E-state index in [4.69, 9.17) is 4.74 Å². The van der Waals surface area contributed by atoms with Crippen LogP contribution in [-0.2, 0) is 27.5 Å². The Balaban J connectivity index is 1.51. The molecule has 2 aromatic carbocycles. The van der Waals surface area contributed by atoms with Gasteiger partial charge in [-0.15, -0.1) is 0 Å². The van der Waals surface area contributed by atoms with Gasteiger partial charge in [-0.3, -0.25) is 14.4 Å². The molecule has 7 nitrogen and oxygen atoms in total. The fourth-order valence-corrected chi connectivity index (χ4v) is 3.20. The summed E-state index contributed by atoms with van der Waals surface area (Å²) in [7, 11) is 0.